The van der Waals surface area contributed by atoms with Crippen LogP contribution in [0.3, 0.4) is 0 Å². The molecule has 1 aliphatic heterocycles. The largest absolute Gasteiger partial charge is 0.342 e. The van der Waals surface area contributed by atoms with Gasteiger partial charge in [-0.3, -0.25) is 4.79 Å². The van der Waals surface area contributed by atoms with Gasteiger partial charge < -0.3 is 4.90 Å². The van der Waals surface area contributed by atoms with Crippen molar-refractivity contribution in [2.75, 3.05) is 13.1 Å². The molecule has 2 heteroatoms. The first-order chi connectivity index (χ1) is 6.33. The first-order valence-electron chi connectivity index (χ1n) is 5.61. The molecule has 0 aromatic rings. The molecule has 0 radical (unpaired) electrons. The summed E-state index contributed by atoms with van der Waals surface area (Å²) in [6.45, 7) is 2.15. The van der Waals surface area contributed by atoms with Crippen molar-refractivity contribution in [2.24, 2.45) is 17.8 Å². The Hall–Kier alpha value is -0.530. The van der Waals surface area contributed by atoms with Crippen molar-refractivity contribution in [3.63, 3.8) is 0 Å². The van der Waals surface area contributed by atoms with Gasteiger partial charge in [0.25, 0.3) is 0 Å². The zero-order valence-corrected chi connectivity index (χ0v) is 8.04. The second kappa shape index (κ2) is 2.73. The maximum atomic E-state index is 11.8. The average Bonchev–Trinajstić information content (AvgIpc) is 2.92. The molecule has 13 heavy (non-hydrogen) atoms. The Morgan fingerprint density at radius 3 is 2.15 bits per heavy atom. The number of hydrogen-bond acceptors (Lipinski definition) is 1. The summed E-state index contributed by atoms with van der Waals surface area (Å²) < 4.78 is 0. The second-order valence-corrected chi connectivity index (χ2v) is 5.06. The van der Waals surface area contributed by atoms with E-state index in [9.17, 15) is 4.79 Å². The number of piperidine rings is 1. The van der Waals surface area contributed by atoms with E-state index >= 15 is 0 Å². The topological polar surface area (TPSA) is 20.3 Å². The summed E-state index contributed by atoms with van der Waals surface area (Å²) in [7, 11) is 0. The molecule has 0 aromatic heterocycles. The predicted molar refractivity (Wildman–Crippen MR) is 50.1 cm³/mol. The Morgan fingerprint density at radius 2 is 1.62 bits per heavy atom. The highest BCUT2D eigenvalue weighted by Gasteiger charge is 2.39. The number of amides is 1. The summed E-state index contributed by atoms with van der Waals surface area (Å²) in [5.41, 5.74) is 0. The van der Waals surface area contributed by atoms with Crippen molar-refractivity contribution in [3.8, 4) is 0 Å². The first-order valence-corrected chi connectivity index (χ1v) is 5.61. The van der Waals surface area contributed by atoms with Crippen LogP contribution in [0.4, 0.5) is 0 Å². The summed E-state index contributed by atoms with van der Waals surface area (Å²) in [5, 5.41) is 0. The van der Waals surface area contributed by atoms with Gasteiger partial charge in [-0.2, -0.15) is 0 Å². The number of likely N-dealkylation sites (tertiary alicyclic amines) is 1. The van der Waals surface area contributed by atoms with Gasteiger partial charge in [-0.1, -0.05) is 0 Å². The van der Waals surface area contributed by atoms with Crippen molar-refractivity contribution in [2.45, 2.75) is 32.1 Å². The number of nitrogens with zero attached hydrogens (tertiary/aromatic N) is 1. The van der Waals surface area contributed by atoms with E-state index < -0.39 is 0 Å². The standard InChI is InChI=1S/C11H17NO/c13-11(10-3-4-10)12-6-8-1-2-9(5-8)7-12/h8-10H,1-7H2/t8-,9+. The van der Waals surface area contributed by atoms with Crippen molar-refractivity contribution < 1.29 is 4.79 Å². The lowest BCUT2D eigenvalue weighted by atomic mass is 9.98. The predicted octanol–water partition coefficient (Wildman–Crippen LogP) is 1.65. The third-order valence-corrected chi connectivity index (χ3v) is 3.85. The fourth-order valence-corrected chi connectivity index (χ4v) is 2.98. The Kier molecular flexibility index (Phi) is 1.64. The number of carbonyl (C=O) groups excluding carboxylic acids is 1. The van der Waals surface area contributed by atoms with E-state index in [-0.39, 0.29) is 0 Å². The van der Waals surface area contributed by atoms with Crippen LogP contribution in [0, 0.1) is 17.8 Å². The van der Waals surface area contributed by atoms with Crippen molar-refractivity contribution in [1.82, 2.24) is 4.90 Å². The molecular formula is C11H17NO. The molecule has 3 aliphatic rings. The number of rotatable bonds is 1. The third-order valence-electron chi connectivity index (χ3n) is 3.85. The fraction of sp³-hybridized carbons (Fsp3) is 0.909. The summed E-state index contributed by atoms with van der Waals surface area (Å²) >= 11 is 0. The van der Waals surface area contributed by atoms with Crippen LogP contribution in [-0.2, 0) is 4.79 Å². The maximum absolute atomic E-state index is 11.8. The van der Waals surface area contributed by atoms with Crippen molar-refractivity contribution in [1.29, 1.82) is 0 Å². The lowest BCUT2D eigenvalue weighted by Crippen LogP contribution is -2.41. The minimum atomic E-state index is 0.428. The summed E-state index contributed by atoms with van der Waals surface area (Å²) in [6, 6.07) is 0. The van der Waals surface area contributed by atoms with Gasteiger partial charge in [0, 0.05) is 19.0 Å². The molecular weight excluding hydrogens is 162 g/mol. The molecule has 0 N–H and O–H groups in total. The second-order valence-electron chi connectivity index (χ2n) is 5.06. The van der Waals surface area contributed by atoms with Gasteiger partial charge in [0.1, 0.15) is 0 Å². The number of hydrogen-bond donors (Lipinski definition) is 0. The van der Waals surface area contributed by atoms with Gasteiger partial charge >= 0.3 is 0 Å². The smallest absolute Gasteiger partial charge is 0.225 e. The minimum absolute atomic E-state index is 0.428. The SMILES string of the molecule is O=C(C1CC1)N1C[C@@H]2CC[C@@H](C2)C1. The highest BCUT2D eigenvalue weighted by Crippen LogP contribution is 2.39. The Bertz CT molecular complexity index is 222. The Morgan fingerprint density at radius 1 is 1.00 bits per heavy atom. The molecule has 2 aliphatic carbocycles. The lowest BCUT2D eigenvalue weighted by Gasteiger charge is -2.31. The average molecular weight is 179 g/mol. The number of fused-ring (bicyclic) bond motifs is 2. The van der Waals surface area contributed by atoms with Gasteiger partial charge in [-0.25, -0.2) is 0 Å². The monoisotopic (exact) mass is 179 g/mol. The van der Waals surface area contributed by atoms with E-state index in [0.717, 1.165) is 37.8 Å². The van der Waals surface area contributed by atoms with E-state index in [1.165, 1.54) is 19.3 Å². The lowest BCUT2D eigenvalue weighted by molar-refractivity contribution is -0.134. The zero-order chi connectivity index (χ0) is 8.84. The highest BCUT2D eigenvalue weighted by atomic mass is 16.2. The van der Waals surface area contributed by atoms with E-state index in [4.69, 9.17) is 0 Å². The quantitative estimate of drug-likeness (QED) is 0.599. The first kappa shape index (κ1) is 7.84. The van der Waals surface area contributed by atoms with E-state index in [1.54, 1.807) is 0 Å². The van der Waals surface area contributed by atoms with Crippen molar-refractivity contribution in [3.05, 3.63) is 0 Å². The molecule has 2 atom stereocenters. The fourth-order valence-electron chi connectivity index (χ4n) is 2.98. The molecule has 2 bridgehead atoms. The van der Waals surface area contributed by atoms with Gasteiger partial charge in [0.05, 0.1) is 0 Å². The van der Waals surface area contributed by atoms with E-state index in [1.807, 2.05) is 0 Å². The molecule has 1 heterocycles. The van der Waals surface area contributed by atoms with Crippen LogP contribution in [0.5, 0.6) is 0 Å². The van der Waals surface area contributed by atoms with Crippen LogP contribution >= 0.6 is 0 Å². The normalized spacial score (nSPS) is 38.0. The van der Waals surface area contributed by atoms with Crippen LogP contribution in [0.25, 0.3) is 0 Å². The zero-order valence-electron chi connectivity index (χ0n) is 8.04. The minimum Gasteiger partial charge on any atom is -0.342 e. The third kappa shape index (κ3) is 1.36. The Labute approximate surface area is 79.3 Å². The molecule has 72 valence electrons. The van der Waals surface area contributed by atoms with Crippen molar-refractivity contribution >= 4 is 5.91 Å². The molecule has 3 rings (SSSR count). The molecule has 0 spiro atoms. The van der Waals surface area contributed by atoms with Gasteiger partial charge in [0.2, 0.25) is 5.91 Å². The molecule has 1 saturated heterocycles. The summed E-state index contributed by atoms with van der Waals surface area (Å²) in [5.74, 6) is 2.59. The van der Waals surface area contributed by atoms with Crippen LogP contribution < -0.4 is 0 Å². The summed E-state index contributed by atoms with van der Waals surface area (Å²) in [4.78, 5) is 14.0. The molecule has 0 unspecified atom stereocenters. The van der Waals surface area contributed by atoms with Crippen LogP contribution in [0.2, 0.25) is 0 Å². The molecule has 1 amide bonds. The van der Waals surface area contributed by atoms with E-state index in [2.05, 4.69) is 4.90 Å². The van der Waals surface area contributed by atoms with Crippen LogP contribution in [0.15, 0.2) is 0 Å². The maximum Gasteiger partial charge on any atom is 0.225 e. The van der Waals surface area contributed by atoms with Gasteiger partial charge in [0.15, 0.2) is 0 Å². The van der Waals surface area contributed by atoms with Crippen LogP contribution in [-0.4, -0.2) is 23.9 Å². The summed E-state index contributed by atoms with van der Waals surface area (Å²) in [6.07, 6.45) is 6.46. The number of carbonyl (C=O) groups is 1. The van der Waals surface area contributed by atoms with E-state index in [0.29, 0.717) is 11.8 Å². The Balaban J connectivity index is 1.68. The molecule has 0 aromatic carbocycles. The van der Waals surface area contributed by atoms with Crippen LogP contribution in [0.1, 0.15) is 32.1 Å². The molecule has 3 fully saturated rings. The van der Waals surface area contributed by atoms with Gasteiger partial charge in [-0.15, -0.1) is 0 Å². The highest BCUT2D eigenvalue weighted by molar-refractivity contribution is 5.81. The van der Waals surface area contributed by atoms with Gasteiger partial charge in [-0.05, 0) is 43.9 Å². The molecule has 2 saturated carbocycles. The molecule has 2 nitrogen and oxygen atoms in total.